The van der Waals surface area contributed by atoms with E-state index in [1.54, 1.807) is 0 Å². The van der Waals surface area contributed by atoms with Crippen LogP contribution >= 0.6 is 0 Å². The Hall–Kier alpha value is -7.95. The number of fused-ring (bicyclic) bond motifs is 4. The third-order valence-electron chi connectivity index (χ3n) is 13.2. The van der Waals surface area contributed by atoms with Gasteiger partial charge in [-0.2, -0.15) is 0 Å². The molecule has 2 atom stereocenters. The summed E-state index contributed by atoms with van der Waals surface area (Å²) < 4.78 is 2.40. The molecular formula is C60H46N4. The zero-order valence-electron chi connectivity index (χ0n) is 35.5. The standard InChI is InChI=1S/C60H46N4/c1-4-16-41(17-5-1)44-30-32-45(33-31-44)59-62-58-53(47-23-15-24-51(40-47)63-56-28-12-10-26-54(56)55-27-11-13-29-57(55)63)34-35-61-60(58)64(59)52-25-14-22-46(39-52)50-37-48(42-18-6-2-7-19-42)36-49(38-50)43-20-8-3-9-21-43/h1-2,4-8,10-38,40,52,59,62H,3,9,39H2. The van der Waals surface area contributed by atoms with Crippen LogP contribution in [-0.2, 0) is 0 Å². The zero-order valence-corrected chi connectivity index (χ0v) is 35.5. The number of anilines is 2. The number of hydrogen-bond donors (Lipinski definition) is 1. The molecule has 0 saturated heterocycles. The Morgan fingerprint density at radius 1 is 0.547 bits per heavy atom. The van der Waals surface area contributed by atoms with Crippen molar-refractivity contribution in [3.05, 3.63) is 241 Å². The van der Waals surface area contributed by atoms with Gasteiger partial charge in [0.05, 0.1) is 22.8 Å². The third-order valence-corrected chi connectivity index (χ3v) is 13.2. The van der Waals surface area contributed by atoms with E-state index >= 15 is 0 Å². The quantitative estimate of drug-likeness (QED) is 0.166. The van der Waals surface area contributed by atoms with Crippen molar-refractivity contribution in [2.75, 3.05) is 10.2 Å². The molecule has 2 aliphatic carbocycles. The number of benzene rings is 7. The number of aromatic nitrogens is 2. The molecule has 0 bridgehead atoms. The minimum absolute atomic E-state index is 0.0388. The summed E-state index contributed by atoms with van der Waals surface area (Å²) in [5, 5.41) is 6.58. The summed E-state index contributed by atoms with van der Waals surface area (Å²) in [5.74, 6) is 0.962. The van der Waals surface area contributed by atoms with Crippen LogP contribution in [0.2, 0.25) is 0 Å². The Kier molecular flexibility index (Phi) is 9.48. The molecule has 1 N–H and O–H groups in total. The predicted molar refractivity (Wildman–Crippen MR) is 268 cm³/mol. The van der Waals surface area contributed by atoms with Crippen LogP contribution in [-0.4, -0.2) is 15.6 Å². The predicted octanol–water partition coefficient (Wildman–Crippen LogP) is 15.3. The van der Waals surface area contributed by atoms with Crippen LogP contribution < -0.4 is 10.2 Å². The van der Waals surface area contributed by atoms with E-state index in [9.17, 15) is 0 Å². The molecule has 0 radical (unpaired) electrons. The molecule has 3 aliphatic rings. The van der Waals surface area contributed by atoms with Crippen molar-refractivity contribution >= 4 is 44.5 Å². The molecular weight excluding hydrogens is 777 g/mol. The molecule has 3 heterocycles. The molecule has 0 fully saturated rings. The summed E-state index contributed by atoms with van der Waals surface area (Å²) in [6.07, 6.45) is 18.7. The molecule has 4 heteroatoms. The van der Waals surface area contributed by atoms with Crippen LogP contribution in [0.15, 0.2) is 225 Å². The van der Waals surface area contributed by atoms with E-state index in [0.29, 0.717) is 0 Å². The highest BCUT2D eigenvalue weighted by Crippen LogP contribution is 2.49. The van der Waals surface area contributed by atoms with Crippen LogP contribution in [0.1, 0.15) is 42.1 Å². The highest BCUT2D eigenvalue weighted by Gasteiger charge is 2.38. The van der Waals surface area contributed by atoms with Gasteiger partial charge in [-0.1, -0.05) is 170 Å². The average Bonchev–Trinajstić information content (AvgIpc) is 3.94. The molecule has 12 rings (SSSR count). The van der Waals surface area contributed by atoms with Crippen molar-refractivity contribution < 1.29 is 0 Å². The lowest BCUT2D eigenvalue weighted by Gasteiger charge is -2.34. The molecule has 1 aliphatic heterocycles. The van der Waals surface area contributed by atoms with E-state index < -0.39 is 0 Å². The second-order valence-corrected chi connectivity index (χ2v) is 17.1. The molecule has 2 aromatic heterocycles. The highest BCUT2D eigenvalue weighted by molar-refractivity contribution is 6.09. The first-order valence-corrected chi connectivity index (χ1v) is 22.5. The molecule has 306 valence electrons. The molecule has 4 nitrogen and oxygen atoms in total. The Bertz CT molecular complexity index is 3280. The van der Waals surface area contributed by atoms with Gasteiger partial charge in [0.2, 0.25) is 0 Å². The van der Waals surface area contributed by atoms with E-state index in [1.807, 2.05) is 6.20 Å². The van der Waals surface area contributed by atoms with Crippen LogP contribution in [0.3, 0.4) is 0 Å². The van der Waals surface area contributed by atoms with Crippen LogP contribution in [0.5, 0.6) is 0 Å². The molecule has 64 heavy (non-hydrogen) atoms. The van der Waals surface area contributed by atoms with Gasteiger partial charge in [0, 0.05) is 28.2 Å². The molecule has 9 aromatic rings. The lowest BCUT2D eigenvalue weighted by atomic mass is 9.87. The first-order chi connectivity index (χ1) is 31.7. The number of pyridine rings is 1. The minimum atomic E-state index is -0.147. The maximum Gasteiger partial charge on any atom is 0.155 e. The smallest absolute Gasteiger partial charge is 0.155 e. The molecule has 0 spiro atoms. The van der Waals surface area contributed by atoms with Gasteiger partial charge >= 0.3 is 0 Å². The Morgan fingerprint density at radius 3 is 1.94 bits per heavy atom. The number of allylic oxidation sites excluding steroid dienone is 6. The van der Waals surface area contributed by atoms with Crippen molar-refractivity contribution in [2.24, 2.45) is 0 Å². The van der Waals surface area contributed by atoms with Gasteiger partial charge < -0.3 is 14.8 Å². The third kappa shape index (κ3) is 6.76. The van der Waals surface area contributed by atoms with Gasteiger partial charge in [0.25, 0.3) is 0 Å². The van der Waals surface area contributed by atoms with Crippen molar-refractivity contribution in [1.82, 2.24) is 9.55 Å². The SMILES string of the molecule is C1=CC(N2c3nccc(-c4cccc(-n5c6ccccc6c6ccccc65)c4)c3NC2c2ccc(-c3ccccc3)cc2)CC(c2cc(C3=CCCC=C3)cc(-c3ccccc3)c2)=C1. The second kappa shape index (κ2) is 16.1. The van der Waals surface area contributed by atoms with Crippen LogP contribution in [0, 0.1) is 0 Å². The van der Waals surface area contributed by atoms with Gasteiger partial charge in [0.1, 0.15) is 6.17 Å². The topological polar surface area (TPSA) is 33.1 Å². The van der Waals surface area contributed by atoms with Gasteiger partial charge in [-0.15, -0.1) is 0 Å². The largest absolute Gasteiger partial charge is 0.358 e. The fourth-order valence-electron chi connectivity index (χ4n) is 10.1. The number of nitrogens with one attached hydrogen (secondary N) is 1. The van der Waals surface area contributed by atoms with Crippen molar-refractivity contribution in [3.8, 4) is 39.1 Å². The summed E-state index contributed by atoms with van der Waals surface area (Å²) in [6.45, 7) is 0. The summed E-state index contributed by atoms with van der Waals surface area (Å²) >= 11 is 0. The fraction of sp³-hybridized carbons (Fsp3) is 0.0833. The molecule has 0 amide bonds. The summed E-state index contributed by atoms with van der Waals surface area (Å²) in [4.78, 5) is 7.73. The van der Waals surface area contributed by atoms with E-state index in [0.717, 1.165) is 47.6 Å². The first kappa shape index (κ1) is 37.8. The first-order valence-electron chi connectivity index (χ1n) is 22.5. The fourth-order valence-corrected chi connectivity index (χ4v) is 10.1. The minimum Gasteiger partial charge on any atom is -0.358 e. The summed E-state index contributed by atoms with van der Waals surface area (Å²) in [5.41, 5.74) is 18.0. The molecule has 2 unspecified atom stereocenters. The maximum atomic E-state index is 5.21. The normalized spacial score (nSPS) is 16.7. The van der Waals surface area contributed by atoms with Gasteiger partial charge in [-0.25, -0.2) is 4.98 Å². The zero-order chi connectivity index (χ0) is 42.4. The Balaban J connectivity index is 0.953. The van der Waals surface area contributed by atoms with Gasteiger partial charge in [-0.05, 0) is 123 Å². The van der Waals surface area contributed by atoms with Crippen LogP contribution in [0.25, 0.3) is 72.0 Å². The number of para-hydroxylation sites is 2. The second-order valence-electron chi connectivity index (χ2n) is 17.1. The van der Waals surface area contributed by atoms with Crippen LogP contribution in [0.4, 0.5) is 11.5 Å². The van der Waals surface area contributed by atoms with E-state index in [4.69, 9.17) is 4.98 Å². The van der Waals surface area contributed by atoms with Gasteiger partial charge in [-0.3, -0.25) is 0 Å². The van der Waals surface area contributed by atoms with E-state index in [2.05, 4.69) is 233 Å². The Labute approximate surface area is 374 Å². The monoisotopic (exact) mass is 822 g/mol. The maximum absolute atomic E-state index is 5.21. The molecule has 7 aromatic carbocycles. The highest BCUT2D eigenvalue weighted by atomic mass is 15.4. The number of hydrogen-bond acceptors (Lipinski definition) is 3. The average molecular weight is 823 g/mol. The van der Waals surface area contributed by atoms with E-state index in [1.165, 1.54) is 71.9 Å². The Morgan fingerprint density at radius 2 is 1.20 bits per heavy atom. The molecule has 0 saturated carbocycles. The lowest BCUT2D eigenvalue weighted by Crippen LogP contribution is -2.38. The number of nitrogens with zero attached hydrogens (tertiary/aromatic N) is 3. The lowest BCUT2D eigenvalue weighted by molar-refractivity contribution is 0.631. The number of rotatable bonds is 8. The van der Waals surface area contributed by atoms with Crippen molar-refractivity contribution in [3.63, 3.8) is 0 Å². The summed E-state index contributed by atoms with van der Waals surface area (Å²) in [6, 6.07) is 66.2. The van der Waals surface area contributed by atoms with Crippen molar-refractivity contribution in [2.45, 2.75) is 31.5 Å². The van der Waals surface area contributed by atoms with Crippen molar-refractivity contribution in [1.29, 1.82) is 0 Å². The summed E-state index contributed by atoms with van der Waals surface area (Å²) in [7, 11) is 0. The van der Waals surface area contributed by atoms with Gasteiger partial charge in [0.15, 0.2) is 5.82 Å². The van der Waals surface area contributed by atoms with E-state index in [-0.39, 0.29) is 12.2 Å².